The maximum atomic E-state index is 13.3. The number of aromatic nitrogens is 1. The first kappa shape index (κ1) is 25.7. The molecule has 3 rings (SSSR count). The second-order valence-corrected chi connectivity index (χ2v) is 8.17. The van der Waals surface area contributed by atoms with Gasteiger partial charge in [-0.3, -0.25) is 9.59 Å². The van der Waals surface area contributed by atoms with E-state index in [0.717, 1.165) is 17.8 Å². The van der Waals surface area contributed by atoms with Crippen LogP contribution in [0.3, 0.4) is 0 Å². The van der Waals surface area contributed by atoms with Gasteiger partial charge >= 0.3 is 0 Å². The van der Waals surface area contributed by atoms with E-state index in [4.69, 9.17) is 4.74 Å². The van der Waals surface area contributed by atoms with Gasteiger partial charge in [-0.1, -0.05) is 66.7 Å². The Bertz CT molecular complexity index is 1110. The molecule has 0 spiro atoms. The van der Waals surface area contributed by atoms with E-state index in [9.17, 15) is 9.59 Å². The first-order valence-electron chi connectivity index (χ1n) is 11.7. The summed E-state index contributed by atoms with van der Waals surface area (Å²) in [6, 6.07) is 23.8. The largest absolute Gasteiger partial charge is 0.383 e. The van der Waals surface area contributed by atoms with Crippen LogP contribution < -0.4 is 0 Å². The van der Waals surface area contributed by atoms with Gasteiger partial charge in [0.1, 0.15) is 6.54 Å². The van der Waals surface area contributed by atoms with Crippen LogP contribution in [0.1, 0.15) is 16.8 Å². The van der Waals surface area contributed by atoms with Crippen LogP contribution >= 0.6 is 0 Å². The molecule has 0 unspecified atom stereocenters. The number of rotatable bonds is 13. The molecule has 1 heterocycles. The minimum absolute atomic E-state index is 0.0346. The standard InChI is InChI=1S/C29H33N3O3/c1-3-18-31(28(33)17-16-25-11-6-4-7-12-25)24-29(34)32(20-21-35-2)23-27-15-10-19-30(27)22-26-13-8-5-9-14-26/h3-17,19H,1,18,20-24H2,2H3. The molecule has 0 N–H and O–H groups in total. The summed E-state index contributed by atoms with van der Waals surface area (Å²) in [4.78, 5) is 29.4. The van der Waals surface area contributed by atoms with Gasteiger partial charge in [-0.25, -0.2) is 0 Å². The Kier molecular flexibility index (Phi) is 10.1. The number of carbonyl (C=O) groups is 2. The van der Waals surface area contributed by atoms with Gasteiger partial charge in [0.2, 0.25) is 11.8 Å². The molecule has 0 atom stereocenters. The molecule has 2 amide bonds. The number of carbonyl (C=O) groups excluding carboxylic acids is 2. The van der Waals surface area contributed by atoms with Gasteiger partial charge in [-0.05, 0) is 29.3 Å². The predicted molar refractivity (Wildman–Crippen MR) is 140 cm³/mol. The molecule has 6 nitrogen and oxygen atoms in total. The smallest absolute Gasteiger partial charge is 0.247 e. The van der Waals surface area contributed by atoms with Gasteiger partial charge in [0.25, 0.3) is 0 Å². The Balaban J connectivity index is 1.70. The van der Waals surface area contributed by atoms with Gasteiger partial charge < -0.3 is 19.1 Å². The number of amides is 2. The van der Waals surface area contributed by atoms with Crippen LogP contribution in [0.4, 0.5) is 0 Å². The maximum Gasteiger partial charge on any atom is 0.247 e. The van der Waals surface area contributed by atoms with E-state index in [0.29, 0.717) is 19.7 Å². The molecule has 3 aromatic rings. The van der Waals surface area contributed by atoms with Crippen LogP contribution in [-0.4, -0.2) is 59.5 Å². The van der Waals surface area contributed by atoms with Crippen molar-refractivity contribution in [2.45, 2.75) is 13.1 Å². The maximum absolute atomic E-state index is 13.3. The molecule has 0 aliphatic carbocycles. The summed E-state index contributed by atoms with van der Waals surface area (Å²) >= 11 is 0. The molecule has 0 fully saturated rings. The molecule has 1 aromatic heterocycles. The molecule has 0 saturated heterocycles. The number of benzene rings is 2. The highest BCUT2D eigenvalue weighted by atomic mass is 16.5. The van der Waals surface area contributed by atoms with Crippen molar-refractivity contribution >= 4 is 17.9 Å². The summed E-state index contributed by atoms with van der Waals surface area (Å²) in [5, 5.41) is 0. The third-order valence-electron chi connectivity index (χ3n) is 5.60. The first-order valence-corrected chi connectivity index (χ1v) is 11.7. The van der Waals surface area contributed by atoms with Crippen LogP contribution in [0.5, 0.6) is 0 Å². The van der Waals surface area contributed by atoms with E-state index in [1.54, 1.807) is 24.2 Å². The zero-order valence-corrected chi connectivity index (χ0v) is 20.3. The van der Waals surface area contributed by atoms with Crippen molar-refractivity contribution in [1.82, 2.24) is 14.4 Å². The molecule has 0 saturated carbocycles. The van der Waals surface area contributed by atoms with E-state index in [-0.39, 0.29) is 24.9 Å². The van der Waals surface area contributed by atoms with Gasteiger partial charge in [0, 0.05) is 44.7 Å². The quantitative estimate of drug-likeness (QED) is 0.277. The summed E-state index contributed by atoms with van der Waals surface area (Å²) in [5.74, 6) is -0.376. The second-order valence-electron chi connectivity index (χ2n) is 8.17. The Morgan fingerprint density at radius 3 is 2.37 bits per heavy atom. The molecular weight excluding hydrogens is 438 g/mol. The van der Waals surface area contributed by atoms with E-state index in [1.165, 1.54) is 16.5 Å². The molecule has 0 aliphatic rings. The topological polar surface area (TPSA) is 54.8 Å². The monoisotopic (exact) mass is 471 g/mol. The average Bonchev–Trinajstić information content (AvgIpc) is 3.32. The lowest BCUT2D eigenvalue weighted by molar-refractivity contribution is -0.138. The fraction of sp³-hybridized carbons (Fsp3) is 0.241. The lowest BCUT2D eigenvalue weighted by Gasteiger charge is -2.27. The van der Waals surface area contributed by atoms with Gasteiger partial charge in [-0.2, -0.15) is 0 Å². The van der Waals surface area contributed by atoms with E-state index in [1.807, 2.05) is 66.9 Å². The number of hydrogen-bond donors (Lipinski definition) is 0. The SMILES string of the molecule is C=CCN(CC(=O)N(CCOC)Cc1cccn1Cc1ccccc1)C(=O)C=Cc1ccccc1. The summed E-state index contributed by atoms with van der Waals surface area (Å²) in [6.07, 6.45) is 6.90. The number of ether oxygens (including phenoxy) is 1. The first-order chi connectivity index (χ1) is 17.1. The third kappa shape index (κ3) is 8.12. The van der Waals surface area contributed by atoms with Gasteiger partial charge in [0.05, 0.1) is 13.2 Å². The van der Waals surface area contributed by atoms with Crippen molar-refractivity contribution in [3.63, 3.8) is 0 Å². The van der Waals surface area contributed by atoms with Crippen LogP contribution in [-0.2, 0) is 27.4 Å². The molecular formula is C29H33N3O3. The summed E-state index contributed by atoms with van der Waals surface area (Å²) < 4.78 is 7.38. The van der Waals surface area contributed by atoms with Crippen molar-refractivity contribution in [3.05, 3.63) is 115 Å². The van der Waals surface area contributed by atoms with E-state index >= 15 is 0 Å². The zero-order valence-electron chi connectivity index (χ0n) is 20.3. The molecule has 6 heteroatoms. The Hall–Kier alpha value is -3.90. The Labute approximate surface area is 207 Å². The summed E-state index contributed by atoms with van der Waals surface area (Å²) in [7, 11) is 1.61. The minimum Gasteiger partial charge on any atom is -0.383 e. The van der Waals surface area contributed by atoms with E-state index < -0.39 is 0 Å². The summed E-state index contributed by atoms with van der Waals surface area (Å²) in [5.41, 5.74) is 3.13. The highest BCUT2D eigenvalue weighted by molar-refractivity contribution is 5.94. The van der Waals surface area contributed by atoms with Crippen LogP contribution in [0.2, 0.25) is 0 Å². The molecule has 35 heavy (non-hydrogen) atoms. The lowest BCUT2D eigenvalue weighted by atomic mass is 10.2. The van der Waals surface area contributed by atoms with Crippen LogP contribution in [0.25, 0.3) is 6.08 Å². The Morgan fingerprint density at radius 1 is 0.971 bits per heavy atom. The van der Waals surface area contributed by atoms with Gasteiger partial charge in [-0.15, -0.1) is 6.58 Å². The lowest BCUT2D eigenvalue weighted by Crippen LogP contribution is -2.43. The van der Waals surface area contributed by atoms with Crippen molar-refractivity contribution in [2.75, 3.05) is 33.4 Å². The molecule has 0 bridgehead atoms. The van der Waals surface area contributed by atoms with Crippen molar-refractivity contribution in [1.29, 1.82) is 0 Å². The molecule has 0 aliphatic heterocycles. The normalized spacial score (nSPS) is 10.9. The molecule has 0 radical (unpaired) electrons. The molecule has 2 aromatic carbocycles. The average molecular weight is 472 g/mol. The van der Waals surface area contributed by atoms with Crippen molar-refractivity contribution in [3.8, 4) is 0 Å². The summed E-state index contributed by atoms with van der Waals surface area (Å²) in [6.45, 7) is 5.99. The highest BCUT2D eigenvalue weighted by Crippen LogP contribution is 2.12. The fourth-order valence-corrected chi connectivity index (χ4v) is 3.70. The highest BCUT2D eigenvalue weighted by Gasteiger charge is 2.20. The van der Waals surface area contributed by atoms with Crippen molar-refractivity contribution in [2.24, 2.45) is 0 Å². The predicted octanol–water partition coefficient (Wildman–Crippen LogP) is 4.24. The van der Waals surface area contributed by atoms with Gasteiger partial charge in [0.15, 0.2) is 0 Å². The second kappa shape index (κ2) is 13.7. The van der Waals surface area contributed by atoms with Crippen LogP contribution in [0.15, 0.2) is 97.7 Å². The Morgan fingerprint density at radius 2 is 1.69 bits per heavy atom. The van der Waals surface area contributed by atoms with Crippen LogP contribution in [0, 0.1) is 0 Å². The zero-order chi connectivity index (χ0) is 24.9. The minimum atomic E-state index is -0.235. The third-order valence-corrected chi connectivity index (χ3v) is 5.60. The number of hydrogen-bond acceptors (Lipinski definition) is 3. The number of nitrogens with zero attached hydrogens (tertiary/aromatic N) is 3. The molecule has 182 valence electrons. The van der Waals surface area contributed by atoms with E-state index in [2.05, 4.69) is 23.3 Å². The fourth-order valence-electron chi connectivity index (χ4n) is 3.70. The number of methoxy groups -OCH3 is 1. The van der Waals surface area contributed by atoms with Crippen molar-refractivity contribution < 1.29 is 14.3 Å².